The first-order valence-electron chi connectivity index (χ1n) is 9.62. The zero-order chi connectivity index (χ0) is 23.5. The average Bonchev–Trinajstić information content (AvgIpc) is 2.77. The van der Waals surface area contributed by atoms with Gasteiger partial charge in [-0.25, -0.2) is 0 Å². The van der Waals surface area contributed by atoms with Crippen LogP contribution in [0.2, 0.25) is 5.02 Å². The Morgan fingerprint density at radius 2 is 1.50 bits per heavy atom. The Labute approximate surface area is 188 Å². The molecule has 0 fully saturated rings. The van der Waals surface area contributed by atoms with Crippen molar-refractivity contribution in [1.82, 2.24) is 10.2 Å². The molecule has 8 heteroatoms. The number of nitrogens with zero attached hydrogens (tertiary/aromatic N) is 1. The van der Waals surface area contributed by atoms with E-state index in [1.807, 2.05) is 0 Å². The van der Waals surface area contributed by atoms with Crippen molar-refractivity contribution < 1.29 is 22.8 Å². The number of amides is 2. The number of halogens is 4. The highest BCUT2D eigenvalue weighted by atomic mass is 35.5. The van der Waals surface area contributed by atoms with Crippen LogP contribution in [0.5, 0.6) is 0 Å². The van der Waals surface area contributed by atoms with Crippen molar-refractivity contribution in [1.29, 1.82) is 0 Å². The van der Waals surface area contributed by atoms with Crippen molar-refractivity contribution in [2.24, 2.45) is 0 Å². The molecule has 3 aromatic rings. The van der Waals surface area contributed by atoms with Crippen LogP contribution >= 0.6 is 11.6 Å². The van der Waals surface area contributed by atoms with Crippen molar-refractivity contribution in [2.75, 3.05) is 14.1 Å². The van der Waals surface area contributed by atoms with Crippen molar-refractivity contribution in [3.8, 4) is 11.1 Å². The number of hydrogen-bond acceptors (Lipinski definition) is 2. The molecule has 0 bridgehead atoms. The van der Waals surface area contributed by atoms with Gasteiger partial charge in [-0.2, -0.15) is 13.2 Å². The first-order chi connectivity index (χ1) is 15.1. The summed E-state index contributed by atoms with van der Waals surface area (Å²) in [4.78, 5) is 27.3. The molecule has 0 aromatic heterocycles. The summed E-state index contributed by atoms with van der Waals surface area (Å²) >= 11 is 5.93. The van der Waals surface area contributed by atoms with Crippen LogP contribution in [-0.4, -0.2) is 30.8 Å². The highest BCUT2D eigenvalue weighted by Gasteiger charge is 2.30. The van der Waals surface area contributed by atoms with Gasteiger partial charge in [-0.3, -0.25) is 9.59 Å². The standard InChI is InChI=1S/C24H20ClF3N2O2/c1-30(2)23(32)21(16-9-13-18(25)14-10-16)29-22(31)20-6-4-3-5-19(20)15-7-11-17(12-8-15)24(26,27)28/h3-14,21H,1-2H3,(H,29,31)/t21-/m0/s1. The molecule has 1 N–H and O–H groups in total. The lowest BCUT2D eigenvalue weighted by Gasteiger charge is -2.23. The molecule has 3 rings (SSSR count). The SMILES string of the molecule is CN(C)C(=O)[C@@H](NC(=O)c1ccccc1-c1ccc(C(F)(F)F)cc1)c1ccc(Cl)cc1. The third kappa shape index (κ3) is 5.29. The van der Waals surface area contributed by atoms with Gasteiger partial charge in [0.25, 0.3) is 5.91 Å². The lowest BCUT2D eigenvalue weighted by atomic mass is 9.97. The molecular weight excluding hydrogens is 441 g/mol. The Morgan fingerprint density at radius 3 is 2.06 bits per heavy atom. The summed E-state index contributed by atoms with van der Waals surface area (Å²) in [5.41, 5.74) is 0.908. The normalized spacial score (nSPS) is 12.2. The van der Waals surface area contributed by atoms with Gasteiger partial charge in [-0.1, -0.05) is 54.1 Å². The van der Waals surface area contributed by atoms with Crippen molar-refractivity contribution in [3.05, 3.63) is 94.5 Å². The van der Waals surface area contributed by atoms with E-state index in [1.54, 1.807) is 62.6 Å². The zero-order valence-corrected chi connectivity index (χ0v) is 18.0. The fourth-order valence-electron chi connectivity index (χ4n) is 3.18. The van der Waals surface area contributed by atoms with E-state index >= 15 is 0 Å². The van der Waals surface area contributed by atoms with Crippen molar-refractivity contribution in [2.45, 2.75) is 12.2 Å². The predicted molar refractivity (Wildman–Crippen MR) is 117 cm³/mol. The number of nitrogens with one attached hydrogen (secondary N) is 1. The summed E-state index contributed by atoms with van der Waals surface area (Å²) in [7, 11) is 3.15. The number of rotatable bonds is 5. The molecule has 0 spiro atoms. The Bertz CT molecular complexity index is 1110. The number of carbonyl (C=O) groups excluding carboxylic acids is 2. The molecule has 0 aliphatic heterocycles. The molecule has 0 saturated carbocycles. The second-order valence-electron chi connectivity index (χ2n) is 7.31. The molecule has 1 atom stereocenters. The Kier molecular flexibility index (Phi) is 6.89. The fraction of sp³-hybridized carbons (Fsp3) is 0.167. The largest absolute Gasteiger partial charge is 0.416 e. The van der Waals surface area contributed by atoms with Gasteiger partial charge in [0.1, 0.15) is 6.04 Å². The molecule has 166 valence electrons. The van der Waals surface area contributed by atoms with E-state index in [4.69, 9.17) is 11.6 Å². The monoisotopic (exact) mass is 460 g/mol. The lowest BCUT2D eigenvalue weighted by Crippen LogP contribution is -2.40. The van der Waals surface area contributed by atoms with Crippen LogP contribution in [0.25, 0.3) is 11.1 Å². The quantitative estimate of drug-likeness (QED) is 0.540. The molecule has 0 aliphatic carbocycles. The second-order valence-corrected chi connectivity index (χ2v) is 7.75. The van der Waals surface area contributed by atoms with Gasteiger partial charge in [0, 0.05) is 24.7 Å². The maximum absolute atomic E-state index is 13.2. The van der Waals surface area contributed by atoms with Crippen LogP contribution in [0.1, 0.15) is 27.5 Å². The zero-order valence-electron chi connectivity index (χ0n) is 17.3. The summed E-state index contributed by atoms with van der Waals surface area (Å²) in [5, 5.41) is 3.23. The first-order valence-corrected chi connectivity index (χ1v) is 10.00. The lowest BCUT2D eigenvalue weighted by molar-refractivity contribution is -0.137. The molecule has 2 amide bonds. The van der Waals surface area contributed by atoms with Gasteiger partial charge in [-0.05, 0) is 47.0 Å². The third-order valence-electron chi connectivity index (χ3n) is 4.86. The van der Waals surface area contributed by atoms with Crippen LogP contribution in [0, 0.1) is 0 Å². The Balaban J connectivity index is 1.95. The van der Waals surface area contributed by atoms with Gasteiger partial charge < -0.3 is 10.2 Å². The highest BCUT2D eigenvalue weighted by molar-refractivity contribution is 6.30. The number of hydrogen-bond donors (Lipinski definition) is 1. The summed E-state index contributed by atoms with van der Waals surface area (Å²) in [6.45, 7) is 0. The van der Waals surface area contributed by atoms with Crippen molar-refractivity contribution in [3.63, 3.8) is 0 Å². The first kappa shape index (κ1) is 23.3. The average molecular weight is 461 g/mol. The molecule has 0 radical (unpaired) electrons. The maximum Gasteiger partial charge on any atom is 0.416 e. The van der Waals surface area contributed by atoms with Gasteiger partial charge in [-0.15, -0.1) is 0 Å². The minimum Gasteiger partial charge on any atom is -0.347 e. The summed E-state index contributed by atoms with van der Waals surface area (Å²) in [6.07, 6.45) is -4.45. The van der Waals surface area contributed by atoms with E-state index in [2.05, 4.69) is 5.32 Å². The second kappa shape index (κ2) is 9.44. The highest BCUT2D eigenvalue weighted by Crippen LogP contribution is 2.32. The molecule has 4 nitrogen and oxygen atoms in total. The van der Waals surface area contributed by atoms with Gasteiger partial charge in [0.2, 0.25) is 5.91 Å². The van der Waals surface area contributed by atoms with Crippen LogP contribution in [0.4, 0.5) is 13.2 Å². The van der Waals surface area contributed by atoms with Crippen LogP contribution in [-0.2, 0) is 11.0 Å². The Morgan fingerprint density at radius 1 is 0.906 bits per heavy atom. The van der Waals surface area contributed by atoms with Crippen LogP contribution in [0.3, 0.4) is 0 Å². The topological polar surface area (TPSA) is 49.4 Å². The van der Waals surface area contributed by atoms with E-state index in [9.17, 15) is 22.8 Å². The number of likely N-dealkylation sites (N-methyl/N-ethyl adjacent to an activating group) is 1. The molecule has 0 aliphatic rings. The minimum atomic E-state index is -4.45. The van der Waals surface area contributed by atoms with E-state index in [0.717, 1.165) is 12.1 Å². The smallest absolute Gasteiger partial charge is 0.347 e. The summed E-state index contributed by atoms with van der Waals surface area (Å²) < 4.78 is 38.7. The van der Waals surface area contributed by atoms with E-state index in [0.29, 0.717) is 21.7 Å². The molecule has 0 unspecified atom stereocenters. The van der Waals surface area contributed by atoms with Gasteiger partial charge in [0.05, 0.1) is 5.56 Å². The summed E-state index contributed by atoms with van der Waals surface area (Å²) in [5.74, 6) is -0.872. The summed E-state index contributed by atoms with van der Waals surface area (Å²) in [6, 6.07) is 16.7. The van der Waals surface area contributed by atoms with E-state index < -0.39 is 23.7 Å². The Hall–Kier alpha value is -3.32. The molecule has 32 heavy (non-hydrogen) atoms. The molecule has 0 saturated heterocycles. The fourth-order valence-corrected chi connectivity index (χ4v) is 3.31. The number of carbonyl (C=O) groups is 2. The number of benzene rings is 3. The molecule has 3 aromatic carbocycles. The van der Waals surface area contributed by atoms with E-state index in [1.165, 1.54) is 17.0 Å². The molecule has 0 heterocycles. The van der Waals surface area contributed by atoms with E-state index in [-0.39, 0.29) is 11.5 Å². The number of alkyl halides is 3. The minimum absolute atomic E-state index is 0.234. The predicted octanol–water partition coefficient (Wildman–Crippen LogP) is 5.59. The van der Waals surface area contributed by atoms with Crippen molar-refractivity contribution >= 4 is 23.4 Å². The van der Waals surface area contributed by atoms with Gasteiger partial charge in [0.15, 0.2) is 0 Å². The molecular formula is C24H20ClF3N2O2. The van der Waals surface area contributed by atoms with Crippen LogP contribution in [0.15, 0.2) is 72.8 Å². The maximum atomic E-state index is 13.2. The van der Waals surface area contributed by atoms with Crippen LogP contribution < -0.4 is 5.32 Å². The third-order valence-corrected chi connectivity index (χ3v) is 5.11. The van der Waals surface area contributed by atoms with Gasteiger partial charge >= 0.3 is 6.18 Å².